The molecule has 0 bridgehead atoms. The Labute approximate surface area is 176 Å². The summed E-state index contributed by atoms with van der Waals surface area (Å²) in [4.78, 5) is 0.103. The van der Waals surface area contributed by atoms with Crippen molar-refractivity contribution in [2.45, 2.75) is 29.6 Å². The number of piperidine rings is 1. The molecule has 30 heavy (non-hydrogen) atoms. The summed E-state index contributed by atoms with van der Waals surface area (Å²) in [5.41, 5.74) is 1.21. The third-order valence-electron chi connectivity index (χ3n) is 5.52. The van der Waals surface area contributed by atoms with Crippen molar-refractivity contribution in [3.63, 3.8) is 0 Å². The minimum absolute atomic E-state index is 0.00109. The van der Waals surface area contributed by atoms with E-state index in [4.69, 9.17) is 0 Å². The van der Waals surface area contributed by atoms with E-state index in [9.17, 15) is 16.8 Å². The Bertz CT molecular complexity index is 1270. The zero-order valence-electron chi connectivity index (χ0n) is 16.8. The van der Waals surface area contributed by atoms with Crippen molar-refractivity contribution >= 4 is 36.6 Å². The Hall–Kier alpha value is -2.43. The molecule has 0 aliphatic carbocycles. The molecule has 2 heterocycles. The summed E-state index contributed by atoms with van der Waals surface area (Å²) in [6, 6.07) is 10.5. The van der Waals surface area contributed by atoms with Crippen LogP contribution in [0.15, 0.2) is 58.5 Å². The second kappa shape index (κ2) is 7.68. The van der Waals surface area contributed by atoms with Crippen LogP contribution in [0.3, 0.4) is 0 Å². The topological polar surface area (TPSA) is 101 Å². The maximum atomic E-state index is 12.8. The maximum Gasteiger partial charge on any atom is 0.261 e. The highest BCUT2D eigenvalue weighted by atomic mass is 32.2. The molecule has 0 spiro atoms. The molecule has 1 aliphatic rings. The average molecular weight is 449 g/mol. The van der Waals surface area contributed by atoms with Gasteiger partial charge in [-0.1, -0.05) is 6.92 Å². The Balaban J connectivity index is 1.55. The van der Waals surface area contributed by atoms with Crippen LogP contribution < -0.4 is 4.72 Å². The molecule has 1 saturated heterocycles. The van der Waals surface area contributed by atoms with Gasteiger partial charge in [0.2, 0.25) is 10.0 Å². The van der Waals surface area contributed by atoms with Gasteiger partial charge in [0.25, 0.3) is 10.0 Å². The highest BCUT2D eigenvalue weighted by Crippen LogP contribution is 2.25. The molecule has 1 aliphatic heterocycles. The lowest BCUT2D eigenvalue weighted by molar-refractivity contribution is 0.288. The maximum absolute atomic E-state index is 12.8. The van der Waals surface area contributed by atoms with E-state index in [0.29, 0.717) is 24.7 Å². The second-order valence-electron chi connectivity index (χ2n) is 7.71. The first-order valence-corrected chi connectivity index (χ1v) is 12.6. The van der Waals surface area contributed by atoms with Crippen molar-refractivity contribution in [3.8, 4) is 0 Å². The van der Waals surface area contributed by atoms with E-state index in [1.807, 2.05) is 0 Å². The molecule has 3 aromatic rings. The van der Waals surface area contributed by atoms with E-state index in [1.165, 1.54) is 28.6 Å². The minimum atomic E-state index is -3.86. The monoisotopic (exact) mass is 448 g/mol. The second-order valence-corrected chi connectivity index (χ2v) is 11.3. The molecule has 1 aromatic heterocycles. The number of benzene rings is 2. The summed E-state index contributed by atoms with van der Waals surface area (Å²) >= 11 is 0. The van der Waals surface area contributed by atoms with Gasteiger partial charge in [-0.15, -0.1) is 0 Å². The lowest BCUT2D eigenvalue weighted by atomic mass is 10.0. The lowest BCUT2D eigenvalue weighted by Crippen LogP contribution is -2.37. The van der Waals surface area contributed by atoms with Gasteiger partial charge in [0, 0.05) is 25.5 Å². The molecule has 10 heteroatoms. The number of sulfonamides is 2. The number of hydrogen-bond donors (Lipinski definition) is 1. The predicted molar refractivity (Wildman–Crippen MR) is 115 cm³/mol. The molecule has 0 atom stereocenters. The van der Waals surface area contributed by atoms with Gasteiger partial charge < -0.3 is 0 Å². The SMILES string of the molecule is CC1CCN(S(=O)(=O)c2ccc(S(=O)(=O)Nc3ccc4cnn(C)c4c3)cc2)CC1. The standard InChI is InChI=1S/C20H24N4O4S2/c1-15-9-11-24(12-10-15)30(27,28)19-7-5-18(6-8-19)29(25,26)22-17-4-3-16-14-21-23(2)20(16)13-17/h3-8,13-15,22H,9-12H2,1-2H3. The van der Waals surface area contributed by atoms with Gasteiger partial charge >= 0.3 is 0 Å². The Morgan fingerprint density at radius 2 is 1.60 bits per heavy atom. The van der Waals surface area contributed by atoms with Crippen molar-refractivity contribution in [3.05, 3.63) is 48.7 Å². The summed E-state index contributed by atoms with van der Waals surface area (Å²) in [5, 5.41) is 5.05. The Morgan fingerprint density at radius 1 is 0.967 bits per heavy atom. The fourth-order valence-electron chi connectivity index (χ4n) is 3.59. The molecular weight excluding hydrogens is 424 g/mol. The molecule has 0 radical (unpaired) electrons. The van der Waals surface area contributed by atoms with Gasteiger partial charge in [-0.05, 0) is 61.2 Å². The number of rotatable bonds is 5. The summed E-state index contributed by atoms with van der Waals surface area (Å²) in [6.07, 6.45) is 3.36. The van der Waals surface area contributed by atoms with Crippen molar-refractivity contribution in [2.75, 3.05) is 17.8 Å². The molecule has 4 rings (SSSR count). The number of aromatic nitrogens is 2. The van der Waals surface area contributed by atoms with Crippen LogP contribution >= 0.6 is 0 Å². The molecule has 0 unspecified atom stereocenters. The number of nitrogens with one attached hydrogen (secondary N) is 1. The summed E-state index contributed by atoms with van der Waals surface area (Å²) in [5.74, 6) is 0.514. The van der Waals surface area contributed by atoms with Crippen molar-refractivity contribution in [1.82, 2.24) is 14.1 Å². The zero-order valence-corrected chi connectivity index (χ0v) is 18.4. The Kier molecular flexibility index (Phi) is 5.33. The molecule has 0 amide bonds. The van der Waals surface area contributed by atoms with E-state index < -0.39 is 20.0 Å². The molecule has 2 aromatic carbocycles. The van der Waals surface area contributed by atoms with Gasteiger partial charge in [0.05, 0.1) is 27.2 Å². The first-order valence-electron chi connectivity index (χ1n) is 9.72. The summed E-state index contributed by atoms with van der Waals surface area (Å²) < 4.78 is 56.9. The van der Waals surface area contributed by atoms with Crippen LogP contribution in [-0.2, 0) is 27.1 Å². The summed E-state index contributed by atoms with van der Waals surface area (Å²) in [7, 11) is -5.70. The lowest BCUT2D eigenvalue weighted by Gasteiger charge is -2.29. The van der Waals surface area contributed by atoms with Crippen LogP contribution in [0.5, 0.6) is 0 Å². The molecule has 8 nitrogen and oxygen atoms in total. The van der Waals surface area contributed by atoms with E-state index in [1.54, 1.807) is 36.1 Å². The fraction of sp³-hybridized carbons (Fsp3) is 0.350. The summed E-state index contributed by atoms with van der Waals surface area (Å²) in [6.45, 7) is 3.09. The highest BCUT2D eigenvalue weighted by Gasteiger charge is 2.28. The number of anilines is 1. The van der Waals surface area contributed by atoms with Crippen molar-refractivity contribution < 1.29 is 16.8 Å². The third kappa shape index (κ3) is 3.94. The zero-order chi connectivity index (χ0) is 21.5. The van der Waals surface area contributed by atoms with E-state index in [2.05, 4.69) is 16.7 Å². The first kappa shape index (κ1) is 20.8. The van der Waals surface area contributed by atoms with Gasteiger partial charge in [-0.25, -0.2) is 16.8 Å². The van der Waals surface area contributed by atoms with Crippen molar-refractivity contribution in [1.29, 1.82) is 0 Å². The number of fused-ring (bicyclic) bond motifs is 1. The minimum Gasteiger partial charge on any atom is -0.280 e. The number of nitrogens with zero attached hydrogens (tertiary/aromatic N) is 3. The van der Waals surface area contributed by atoms with Gasteiger partial charge in [0.15, 0.2) is 0 Å². The van der Waals surface area contributed by atoms with Gasteiger partial charge in [-0.3, -0.25) is 9.40 Å². The van der Waals surface area contributed by atoms with Crippen molar-refractivity contribution in [2.24, 2.45) is 13.0 Å². The smallest absolute Gasteiger partial charge is 0.261 e. The van der Waals surface area contributed by atoms with Gasteiger partial charge in [-0.2, -0.15) is 9.40 Å². The van der Waals surface area contributed by atoms with Crippen LogP contribution in [0.4, 0.5) is 5.69 Å². The molecule has 1 N–H and O–H groups in total. The number of hydrogen-bond acceptors (Lipinski definition) is 5. The largest absolute Gasteiger partial charge is 0.280 e. The third-order valence-corrected chi connectivity index (χ3v) is 8.83. The van der Waals surface area contributed by atoms with Crippen LogP contribution in [0, 0.1) is 5.92 Å². The predicted octanol–water partition coefficient (Wildman–Crippen LogP) is 2.79. The fourth-order valence-corrected chi connectivity index (χ4v) is 6.11. The molecule has 160 valence electrons. The van der Waals surface area contributed by atoms with Crippen LogP contribution in [0.1, 0.15) is 19.8 Å². The first-order chi connectivity index (χ1) is 14.2. The molecule has 0 saturated carbocycles. The quantitative estimate of drug-likeness (QED) is 0.647. The highest BCUT2D eigenvalue weighted by molar-refractivity contribution is 7.92. The number of aryl methyl sites for hydroxylation is 1. The average Bonchev–Trinajstić information content (AvgIpc) is 3.08. The van der Waals surface area contributed by atoms with Gasteiger partial charge in [0.1, 0.15) is 0 Å². The van der Waals surface area contributed by atoms with E-state index in [-0.39, 0.29) is 9.79 Å². The van der Waals surface area contributed by atoms with E-state index >= 15 is 0 Å². The molecule has 1 fully saturated rings. The normalized spacial score (nSPS) is 16.7. The van der Waals surface area contributed by atoms with E-state index in [0.717, 1.165) is 23.7 Å². The Morgan fingerprint density at radius 3 is 2.27 bits per heavy atom. The molecular formula is C20H24N4O4S2. The van der Waals surface area contributed by atoms with Crippen LogP contribution in [0.25, 0.3) is 10.9 Å². The van der Waals surface area contributed by atoms with Crippen LogP contribution in [0.2, 0.25) is 0 Å². The van der Waals surface area contributed by atoms with Crippen LogP contribution in [-0.4, -0.2) is 44.0 Å².